The fourth-order valence-electron chi connectivity index (χ4n) is 0.645. The largest absolute Gasteiger partial charge is 0.329 e. The first-order chi connectivity index (χ1) is 4.16. The molecule has 0 aromatic carbocycles. The van der Waals surface area contributed by atoms with E-state index in [1.807, 2.05) is 0 Å². The van der Waals surface area contributed by atoms with E-state index in [1.54, 1.807) is 0 Å². The summed E-state index contributed by atoms with van der Waals surface area (Å²) in [6.45, 7) is 0. The highest BCUT2D eigenvalue weighted by Crippen LogP contribution is 2.50. The van der Waals surface area contributed by atoms with Gasteiger partial charge < -0.3 is 4.52 Å². The summed E-state index contributed by atoms with van der Waals surface area (Å²) in [4.78, 5) is 10.5. The predicted molar refractivity (Wildman–Crippen MR) is 33.6 cm³/mol. The second kappa shape index (κ2) is 2.09. The second-order valence-corrected chi connectivity index (χ2v) is 4.28. The van der Waals surface area contributed by atoms with Gasteiger partial charge in [0, 0.05) is 12.9 Å². The Morgan fingerprint density at radius 2 is 2.44 bits per heavy atom. The summed E-state index contributed by atoms with van der Waals surface area (Å²) in [7, 11) is -1.29. The maximum atomic E-state index is 11.1. The van der Waals surface area contributed by atoms with Crippen LogP contribution in [-0.2, 0) is 13.9 Å². The van der Waals surface area contributed by atoms with Crippen LogP contribution < -0.4 is 0 Å². The molecule has 0 aliphatic carbocycles. The molecule has 0 aromatic heterocycles. The Hall–Kier alpha value is -0.400. The van der Waals surface area contributed by atoms with Crippen molar-refractivity contribution >= 4 is 13.2 Å². The predicted octanol–water partition coefficient (Wildman–Crippen LogP) is 1.01. The minimum absolute atomic E-state index is 0.0451. The molecule has 4 heteroatoms. The fraction of sp³-hybridized carbons (Fsp3) is 0.400. The smallest absolute Gasteiger partial charge is 0.232 e. The summed E-state index contributed by atoms with van der Waals surface area (Å²) in [5.74, 6) is 1.25. The molecule has 0 N–H and O–H groups in total. The van der Waals surface area contributed by atoms with Gasteiger partial charge in [0.2, 0.25) is 7.37 Å². The van der Waals surface area contributed by atoms with Crippen LogP contribution in [0.5, 0.6) is 0 Å². The van der Waals surface area contributed by atoms with Crippen molar-refractivity contribution in [1.82, 2.24) is 0 Å². The minimum atomic E-state index is -2.64. The van der Waals surface area contributed by atoms with E-state index in [2.05, 4.69) is 4.52 Å². The first-order valence-electron chi connectivity index (χ1n) is 2.53. The quantitative estimate of drug-likeness (QED) is 0.518. The van der Waals surface area contributed by atoms with Crippen molar-refractivity contribution in [1.29, 1.82) is 0 Å². The SMILES string of the molecule is COP1(=O)C=CC(=O)C1. The van der Waals surface area contributed by atoms with Gasteiger partial charge in [0.15, 0.2) is 5.78 Å². The van der Waals surface area contributed by atoms with Crippen LogP contribution in [0.15, 0.2) is 11.9 Å². The van der Waals surface area contributed by atoms with Crippen molar-refractivity contribution in [2.75, 3.05) is 13.3 Å². The Bertz CT molecular complexity index is 206. The van der Waals surface area contributed by atoms with Crippen LogP contribution in [0.4, 0.5) is 0 Å². The van der Waals surface area contributed by atoms with Gasteiger partial charge in [-0.3, -0.25) is 9.36 Å². The monoisotopic (exact) mass is 146 g/mol. The van der Waals surface area contributed by atoms with Crippen LogP contribution in [0, 0.1) is 0 Å². The molecule has 1 aliphatic rings. The summed E-state index contributed by atoms with van der Waals surface area (Å²) >= 11 is 0. The third-order valence-corrected chi connectivity index (χ3v) is 3.15. The molecule has 1 heterocycles. The summed E-state index contributed by atoms with van der Waals surface area (Å²) < 4.78 is 15.7. The standard InChI is InChI=1S/C5H7O3P/c1-8-9(7)3-2-5(6)4-9/h2-3H,4H2,1H3. The zero-order valence-corrected chi connectivity index (χ0v) is 5.93. The van der Waals surface area contributed by atoms with Gasteiger partial charge in [-0.15, -0.1) is 0 Å². The molecule has 1 unspecified atom stereocenters. The van der Waals surface area contributed by atoms with Crippen molar-refractivity contribution < 1.29 is 13.9 Å². The molecule has 0 bridgehead atoms. The maximum absolute atomic E-state index is 11.1. The highest BCUT2D eigenvalue weighted by Gasteiger charge is 2.26. The Kier molecular flexibility index (Phi) is 1.56. The van der Waals surface area contributed by atoms with Gasteiger partial charge in [0.25, 0.3) is 0 Å². The van der Waals surface area contributed by atoms with E-state index in [4.69, 9.17) is 0 Å². The van der Waals surface area contributed by atoms with Gasteiger partial charge in [-0.1, -0.05) is 0 Å². The summed E-state index contributed by atoms with van der Waals surface area (Å²) in [6, 6.07) is 0. The lowest BCUT2D eigenvalue weighted by Crippen LogP contribution is -1.93. The zero-order chi connectivity index (χ0) is 6.91. The van der Waals surface area contributed by atoms with Gasteiger partial charge in [-0.25, -0.2) is 0 Å². The highest BCUT2D eigenvalue weighted by molar-refractivity contribution is 7.63. The van der Waals surface area contributed by atoms with Crippen LogP contribution in [0.3, 0.4) is 0 Å². The molecule has 1 aliphatic heterocycles. The normalized spacial score (nSPS) is 33.7. The minimum Gasteiger partial charge on any atom is -0.329 e. The molecule has 0 radical (unpaired) electrons. The topological polar surface area (TPSA) is 43.4 Å². The lowest BCUT2D eigenvalue weighted by molar-refractivity contribution is -0.112. The van der Waals surface area contributed by atoms with Crippen molar-refractivity contribution in [3.8, 4) is 0 Å². The Labute approximate surface area is 53.2 Å². The Balaban J connectivity index is 2.80. The number of ketones is 1. The van der Waals surface area contributed by atoms with Crippen molar-refractivity contribution in [2.24, 2.45) is 0 Å². The molecule has 0 spiro atoms. The van der Waals surface area contributed by atoms with Gasteiger partial charge in [-0.2, -0.15) is 0 Å². The molecule has 50 valence electrons. The molecule has 0 amide bonds. The summed E-state index contributed by atoms with van der Waals surface area (Å²) in [5.41, 5.74) is 0. The first-order valence-corrected chi connectivity index (χ1v) is 4.41. The van der Waals surface area contributed by atoms with E-state index in [-0.39, 0.29) is 11.9 Å². The second-order valence-electron chi connectivity index (χ2n) is 1.85. The third kappa shape index (κ3) is 1.29. The molecule has 1 rings (SSSR count). The van der Waals surface area contributed by atoms with E-state index in [0.29, 0.717) is 0 Å². The van der Waals surface area contributed by atoms with E-state index in [9.17, 15) is 9.36 Å². The molecule has 3 nitrogen and oxygen atoms in total. The van der Waals surface area contributed by atoms with Gasteiger partial charge >= 0.3 is 0 Å². The molecule has 9 heavy (non-hydrogen) atoms. The third-order valence-electron chi connectivity index (χ3n) is 1.17. The van der Waals surface area contributed by atoms with Crippen LogP contribution in [0.2, 0.25) is 0 Å². The molecule has 0 saturated carbocycles. The number of allylic oxidation sites excluding steroid dienone is 1. The van der Waals surface area contributed by atoms with Crippen molar-refractivity contribution in [3.63, 3.8) is 0 Å². The van der Waals surface area contributed by atoms with Crippen LogP contribution in [-0.4, -0.2) is 19.1 Å². The Morgan fingerprint density at radius 1 is 1.78 bits per heavy atom. The highest BCUT2D eigenvalue weighted by atomic mass is 31.2. The molecule has 1 atom stereocenters. The number of hydrogen-bond acceptors (Lipinski definition) is 3. The van der Waals surface area contributed by atoms with E-state index < -0.39 is 7.37 Å². The first kappa shape index (κ1) is 6.72. The fourth-order valence-corrected chi connectivity index (χ4v) is 1.93. The average molecular weight is 146 g/mol. The van der Waals surface area contributed by atoms with E-state index in [0.717, 1.165) is 0 Å². The molecule has 0 saturated heterocycles. The van der Waals surface area contributed by atoms with Gasteiger partial charge in [0.05, 0.1) is 6.16 Å². The van der Waals surface area contributed by atoms with Crippen molar-refractivity contribution in [3.05, 3.63) is 11.9 Å². The Morgan fingerprint density at radius 3 is 2.67 bits per heavy atom. The van der Waals surface area contributed by atoms with Crippen LogP contribution in [0.1, 0.15) is 0 Å². The van der Waals surface area contributed by atoms with E-state index >= 15 is 0 Å². The van der Waals surface area contributed by atoms with Crippen molar-refractivity contribution in [2.45, 2.75) is 0 Å². The lowest BCUT2D eigenvalue weighted by Gasteiger charge is -2.02. The number of carbonyl (C=O) groups is 1. The van der Waals surface area contributed by atoms with Gasteiger partial charge in [0.1, 0.15) is 0 Å². The van der Waals surface area contributed by atoms with E-state index in [1.165, 1.54) is 19.0 Å². The molecular weight excluding hydrogens is 139 g/mol. The number of hydrogen-bond donors (Lipinski definition) is 0. The average Bonchev–Trinajstić information content (AvgIpc) is 2.13. The zero-order valence-electron chi connectivity index (χ0n) is 5.03. The summed E-state index contributed by atoms with van der Waals surface area (Å²) in [6.07, 6.45) is 1.35. The maximum Gasteiger partial charge on any atom is 0.232 e. The molecular formula is C5H7O3P. The summed E-state index contributed by atoms with van der Waals surface area (Å²) in [5, 5.41) is 0. The number of rotatable bonds is 1. The van der Waals surface area contributed by atoms with Gasteiger partial charge in [-0.05, 0) is 6.08 Å². The number of carbonyl (C=O) groups excluding carboxylic acids is 1. The molecule has 0 fully saturated rings. The lowest BCUT2D eigenvalue weighted by atomic mass is 10.5. The van der Waals surface area contributed by atoms with Crippen LogP contribution in [0.25, 0.3) is 0 Å². The molecule has 0 aromatic rings. The van der Waals surface area contributed by atoms with Crippen LogP contribution >= 0.6 is 7.37 Å².